The van der Waals surface area contributed by atoms with Gasteiger partial charge in [-0.3, -0.25) is 4.72 Å². The number of anilines is 1. The third-order valence-electron chi connectivity index (χ3n) is 5.14. The maximum absolute atomic E-state index is 12.8. The number of aryl methyl sites for hydroxylation is 1. The molecule has 4 rings (SSSR count). The van der Waals surface area contributed by atoms with E-state index in [0.29, 0.717) is 39.3 Å². The molecule has 33 heavy (non-hydrogen) atoms. The van der Waals surface area contributed by atoms with Gasteiger partial charge in [0.2, 0.25) is 0 Å². The number of sulfonamides is 1. The van der Waals surface area contributed by atoms with Gasteiger partial charge in [-0.25, -0.2) is 12.8 Å². The van der Waals surface area contributed by atoms with Gasteiger partial charge < -0.3 is 13.8 Å². The molecule has 2 aromatic heterocycles. The molecule has 1 N–H and O–H groups in total. The first-order chi connectivity index (χ1) is 15.7. The Morgan fingerprint density at radius 1 is 1.27 bits per heavy atom. The highest BCUT2D eigenvalue weighted by molar-refractivity contribution is 7.92. The molecule has 0 bridgehead atoms. The maximum Gasteiger partial charge on any atom is 0.263 e. The summed E-state index contributed by atoms with van der Waals surface area (Å²) in [7, 11) is -0.533. The van der Waals surface area contributed by atoms with Gasteiger partial charge in [0.25, 0.3) is 10.0 Å². The minimum Gasteiger partial charge on any atom is -0.496 e. The van der Waals surface area contributed by atoms with Crippen LogP contribution in [0, 0.1) is 0 Å². The van der Waals surface area contributed by atoms with E-state index in [9.17, 15) is 12.8 Å². The first-order valence-corrected chi connectivity index (χ1v) is 11.5. The maximum atomic E-state index is 12.8. The second-order valence-corrected chi connectivity index (χ2v) is 9.26. The predicted octanol–water partition coefficient (Wildman–Crippen LogP) is 5.79. The fourth-order valence-corrected chi connectivity index (χ4v) is 4.85. The van der Waals surface area contributed by atoms with Crippen molar-refractivity contribution in [1.82, 2.24) is 9.72 Å². The Bertz CT molecular complexity index is 1490. The molecule has 10 heteroatoms. The highest BCUT2D eigenvalue weighted by atomic mass is 35.5. The number of aromatic nitrogens is 2. The van der Waals surface area contributed by atoms with E-state index in [1.807, 2.05) is 17.8 Å². The lowest BCUT2D eigenvalue weighted by molar-refractivity contribution is 0.416. The van der Waals surface area contributed by atoms with Gasteiger partial charge in [0.15, 0.2) is 5.82 Å². The van der Waals surface area contributed by atoms with E-state index < -0.39 is 10.0 Å². The zero-order valence-corrected chi connectivity index (χ0v) is 19.2. The average molecular weight is 488 g/mol. The minimum atomic E-state index is -3.87. The summed E-state index contributed by atoms with van der Waals surface area (Å²) in [6, 6.07) is 9.61. The van der Waals surface area contributed by atoms with Gasteiger partial charge in [-0.05, 0) is 35.9 Å². The van der Waals surface area contributed by atoms with E-state index in [-0.39, 0.29) is 10.7 Å². The number of benzene rings is 2. The van der Waals surface area contributed by atoms with Gasteiger partial charge in [-0.1, -0.05) is 29.4 Å². The molecule has 0 spiro atoms. The van der Waals surface area contributed by atoms with Gasteiger partial charge in [0.1, 0.15) is 12.0 Å². The molecule has 2 heterocycles. The van der Waals surface area contributed by atoms with E-state index in [2.05, 4.69) is 21.0 Å². The van der Waals surface area contributed by atoms with E-state index in [1.54, 1.807) is 24.3 Å². The Kier molecular flexibility index (Phi) is 6.01. The summed E-state index contributed by atoms with van der Waals surface area (Å²) in [5.41, 5.74) is 3.11. The topological polar surface area (TPSA) is 86.4 Å². The van der Waals surface area contributed by atoms with Crippen molar-refractivity contribution >= 4 is 43.9 Å². The average Bonchev–Trinajstić information content (AvgIpc) is 3.40. The monoisotopic (exact) mass is 487 g/mol. The molecule has 170 valence electrons. The lowest BCUT2D eigenvalue weighted by Gasteiger charge is -2.13. The van der Waals surface area contributed by atoms with Crippen molar-refractivity contribution in [1.29, 1.82) is 0 Å². The lowest BCUT2D eigenvalue weighted by Crippen LogP contribution is -2.13. The normalized spacial score (nSPS) is 11.9. The first-order valence-electron chi connectivity index (χ1n) is 9.61. The van der Waals surface area contributed by atoms with Crippen molar-refractivity contribution in [2.45, 2.75) is 4.90 Å². The number of hydrogen-bond acceptors (Lipinski definition) is 5. The quantitative estimate of drug-likeness (QED) is 0.333. The van der Waals surface area contributed by atoms with Crippen LogP contribution in [0.15, 0.2) is 77.3 Å². The van der Waals surface area contributed by atoms with Gasteiger partial charge >= 0.3 is 0 Å². The minimum absolute atomic E-state index is 0.0698. The molecule has 7 nitrogen and oxygen atoms in total. The Morgan fingerprint density at radius 2 is 2.06 bits per heavy atom. The Balaban J connectivity index is 1.82. The van der Waals surface area contributed by atoms with Crippen LogP contribution in [0.3, 0.4) is 0 Å². The van der Waals surface area contributed by atoms with Crippen LogP contribution >= 0.6 is 11.6 Å². The van der Waals surface area contributed by atoms with Gasteiger partial charge in [0, 0.05) is 51.9 Å². The van der Waals surface area contributed by atoms with Crippen molar-refractivity contribution in [3.63, 3.8) is 0 Å². The molecule has 0 atom stereocenters. The second kappa shape index (κ2) is 8.76. The third-order valence-corrected chi connectivity index (χ3v) is 6.80. The number of methoxy groups -OCH3 is 1. The van der Waals surface area contributed by atoms with Crippen LogP contribution in [0.1, 0.15) is 5.56 Å². The van der Waals surface area contributed by atoms with E-state index in [1.165, 1.54) is 31.6 Å². The number of nitrogens with zero attached hydrogens (tertiary/aromatic N) is 2. The summed E-state index contributed by atoms with van der Waals surface area (Å²) in [5.74, 6) is 0.603. The number of allylic oxidation sites excluding steroid dienone is 2. The van der Waals surface area contributed by atoms with Gasteiger partial charge in [-0.2, -0.15) is 0 Å². The Hall–Kier alpha value is -3.56. The molecular formula is C23H19ClFN3O4S. The van der Waals surface area contributed by atoms with Crippen molar-refractivity contribution < 1.29 is 22.1 Å². The molecule has 0 aliphatic heterocycles. The van der Waals surface area contributed by atoms with E-state index in [4.69, 9.17) is 16.3 Å². The number of fused-ring (bicyclic) bond motifs is 1. The largest absolute Gasteiger partial charge is 0.496 e. The highest BCUT2D eigenvalue weighted by Crippen LogP contribution is 2.41. The van der Waals surface area contributed by atoms with Crippen molar-refractivity contribution in [3.05, 3.63) is 78.4 Å². The molecule has 0 aliphatic rings. The van der Waals surface area contributed by atoms with Crippen LogP contribution in [0.25, 0.3) is 27.6 Å². The number of halogens is 2. The fourth-order valence-electron chi connectivity index (χ4n) is 3.55. The van der Waals surface area contributed by atoms with Crippen LogP contribution in [0.5, 0.6) is 5.75 Å². The number of ether oxygens (including phenoxy) is 1. The molecule has 0 aliphatic carbocycles. The molecule has 0 unspecified atom stereocenters. The molecule has 0 radical (unpaired) electrons. The molecule has 0 amide bonds. The molecular weight excluding hydrogens is 469 g/mol. The van der Waals surface area contributed by atoms with Crippen molar-refractivity contribution in [3.8, 4) is 16.9 Å². The van der Waals surface area contributed by atoms with E-state index in [0.717, 1.165) is 10.9 Å². The standard InChI is InChI=1S/C23H19ClFN3O4S/c1-14(6-8-25)17-12-22(31-3)18(11-20(17)24)19-13-28(2)21-10-15(4-5-16(19)21)33(29,30)27-23-7-9-32-26-23/h4-13H,1H2,2-3H3,(H,26,27)/b8-6+. The van der Waals surface area contributed by atoms with Crippen LogP contribution in [-0.4, -0.2) is 25.3 Å². The fraction of sp³-hybridized carbons (Fsp3) is 0.0870. The molecule has 0 fully saturated rings. The van der Waals surface area contributed by atoms with Crippen molar-refractivity contribution in [2.24, 2.45) is 7.05 Å². The van der Waals surface area contributed by atoms with Crippen molar-refractivity contribution in [2.75, 3.05) is 11.8 Å². The van der Waals surface area contributed by atoms with Crippen LogP contribution in [-0.2, 0) is 17.1 Å². The molecule has 4 aromatic rings. The van der Waals surface area contributed by atoms with Crippen LogP contribution in [0.2, 0.25) is 5.02 Å². The highest BCUT2D eigenvalue weighted by Gasteiger charge is 2.20. The summed E-state index contributed by atoms with van der Waals surface area (Å²) in [4.78, 5) is 0.0698. The van der Waals surface area contributed by atoms with Gasteiger partial charge in [0.05, 0.1) is 18.3 Å². The molecule has 2 aromatic carbocycles. The zero-order chi connectivity index (χ0) is 23.8. The lowest BCUT2D eigenvalue weighted by atomic mass is 9.99. The predicted molar refractivity (Wildman–Crippen MR) is 127 cm³/mol. The van der Waals surface area contributed by atoms with Gasteiger partial charge in [-0.15, -0.1) is 0 Å². The number of hydrogen-bond donors (Lipinski definition) is 1. The number of nitrogens with one attached hydrogen (secondary N) is 1. The Labute approximate surface area is 194 Å². The number of rotatable bonds is 7. The first kappa shape index (κ1) is 22.6. The molecule has 0 saturated carbocycles. The van der Waals surface area contributed by atoms with E-state index >= 15 is 0 Å². The zero-order valence-electron chi connectivity index (χ0n) is 17.7. The summed E-state index contributed by atoms with van der Waals surface area (Å²) in [5, 5.41) is 4.75. The SMILES string of the molecule is C=C(/C=C/F)c1cc(OC)c(-c2cn(C)c3cc(S(=O)(=O)Nc4ccon4)ccc23)cc1Cl. The summed E-state index contributed by atoms with van der Waals surface area (Å²) in [6.07, 6.45) is 4.74. The smallest absolute Gasteiger partial charge is 0.263 e. The van der Waals surface area contributed by atoms with Crippen LogP contribution in [0.4, 0.5) is 10.2 Å². The summed E-state index contributed by atoms with van der Waals surface area (Å²) < 4.78 is 52.5. The summed E-state index contributed by atoms with van der Waals surface area (Å²) in [6.45, 7) is 3.82. The second-order valence-electron chi connectivity index (χ2n) is 7.17. The Morgan fingerprint density at radius 3 is 2.73 bits per heavy atom. The third kappa shape index (κ3) is 4.24. The van der Waals surface area contributed by atoms with Crippen LogP contribution < -0.4 is 9.46 Å². The summed E-state index contributed by atoms with van der Waals surface area (Å²) >= 11 is 6.47. The molecule has 0 saturated heterocycles.